The zero-order valence-electron chi connectivity index (χ0n) is 19.1. The molecule has 4 rings (SSSR count). The number of fused-ring (bicyclic) bond motifs is 1. The summed E-state index contributed by atoms with van der Waals surface area (Å²) in [7, 11) is 0. The smallest absolute Gasteiger partial charge is 0.255 e. The lowest BCUT2D eigenvalue weighted by Crippen LogP contribution is -2.32. The van der Waals surface area contributed by atoms with Gasteiger partial charge in [0, 0.05) is 24.4 Å². The highest BCUT2D eigenvalue weighted by Gasteiger charge is 2.17. The maximum Gasteiger partial charge on any atom is 0.255 e. The van der Waals surface area contributed by atoms with Gasteiger partial charge in [-0.1, -0.05) is 44.7 Å². The summed E-state index contributed by atoms with van der Waals surface area (Å²) in [5.41, 5.74) is 3.44. The number of carbonyl (C=O) groups is 2. The van der Waals surface area contributed by atoms with E-state index in [0.29, 0.717) is 17.9 Å². The molecule has 1 aliphatic rings. The van der Waals surface area contributed by atoms with Gasteiger partial charge in [-0.15, -0.1) is 11.3 Å². The summed E-state index contributed by atoms with van der Waals surface area (Å²) in [6.07, 6.45) is 2.21. The fourth-order valence-electron chi connectivity index (χ4n) is 3.58. The predicted octanol–water partition coefficient (Wildman–Crippen LogP) is 5.23. The molecule has 0 bridgehead atoms. The highest BCUT2D eigenvalue weighted by molar-refractivity contribution is 8.01. The van der Waals surface area contributed by atoms with E-state index < -0.39 is 0 Å². The summed E-state index contributed by atoms with van der Waals surface area (Å²) in [4.78, 5) is 29.4. The molecule has 1 unspecified atom stereocenters. The fraction of sp³-hybridized carbons (Fsp3) is 0.400. The van der Waals surface area contributed by atoms with Gasteiger partial charge in [0.2, 0.25) is 5.91 Å². The van der Waals surface area contributed by atoms with Crippen LogP contribution in [-0.4, -0.2) is 41.8 Å². The topological polar surface area (TPSA) is 80.3 Å². The minimum atomic E-state index is -0.142. The highest BCUT2D eigenvalue weighted by atomic mass is 32.2. The molecular weight excluding hydrogens is 454 g/mol. The molecule has 2 amide bonds. The number of amides is 2. The Bertz CT molecular complexity index is 1130. The van der Waals surface area contributed by atoms with E-state index >= 15 is 0 Å². The number of thioether (sulfide) groups is 1. The molecule has 174 valence electrons. The molecule has 3 aromatic rings. The van der Waals surface area contributed by atoms with Crippen LogP contribution in [0.1, 0.15) is 49.5 Å². The van der Waals surface area contributed by atoms with E-state index in [9.17, 15) is 9.59 Å². The van der Waals surface area contributed by atoms with Crippen LogP contribution in [0.3, 0.4) is 0 Å². The van der Waals surface area contributed by atoms with Crippen molar-refractivity contribution in [3.05, 3.63) is 53.6 Å². The summed E-state index contributed by atoms with van der Waals surface area (Å²) < 4.78 is 7.33. The van der Waals surface area contributed by atoms with Gasteiger partial charge >= 0.3 is 0 Å². The fourth-order valence-corrected chi connectivity index (χ4v) is 5.52. The van der Waals surface area contributed by atoms with Gasteiger partial charge in [0.1, 0.15) is 0 Å². The Morgan fingerprint density at radius 2 is 1.97 bits per heavy atom. The summed E-state index contributed by atoms with van der Waals surface area (Å²) in [5, 5.41) is 5.90. The van der Waals surface area contributed by atoms with Crippen molar-refractivity contribution in [2.24, 2.45) is 0 Å². The number of hydrogen-bond donors (Lipinski definition) is 2. The van der Waals surface area contributed by atoms with Crippen molar-refractivity contribution in [3.8, 4) is 0 Å². The molecule has 1 fully saturated rings. The Labute approximate surface area is 202 Å². The van der Waals surface area contributed by atoms with Crippen LogP contribution in [0.4, 0.5) is 5.69 Å². The SMILES string of the molecule is CC(C)(C)c1ccc(C(=O)Nc2ccc3nc(SCC(=O)NCC4CCCO4)sc3c2)cc1. The average Bonchev–Trinajstić information content (AvgIpc) is 3.45. The van der Waals surface area contributed by atoms with Crippen LogP contribution in [0, 0.1) is 0 Å². The maximum absolute atomic E-state index is 12.7. The third kappa shape index (κ3) is 6.34. The number of ether oxygens (including phenoxy) is 1. The summed E-state index contributed by atoms with van der Waals surface area (Å²) in [6.45, 7) is 7.80. The molecule has 33 heavy (non-hydrogen) atoms. The second kappa shape index (κ2) is 10.2. The zero-order valence-corrected chi connectivity index (χ0v) is 20.8. The maximum atomic E-state index is 12.7. The van der Waals surface area contributed by atoms with Crippen LogP contribution in [0.5, 0.6) is 0 Å². The first-order valence-corrected chi connectivity index (χ1v) is 12.9. The van der Waals surface area contributed by atoms with E-state index in [-0.39, 0.29) is 23.3 Å². The van der Waals surface area contributed by atoms with Gasteiger partial charge in [0.05, 0.1) is 22.1 Å². The number of rotatable bonds is 7. The van der Waals surface area contributed by atoms with Crippen LogP contribution >= 0.6 is 23.1 Å². The normalized spacial score (nSPS) is 16.2. The lowest BCUT2D eigenvalue weighted by Gasteiger charge is -2.19. The number of thiazole rings is 1. The lowest BCUT2D eigenvalue weighted by atomic mass is 9.87. The molecule has 2 heterocycles. The molecule has 1 saturated heterocycles. The summed E-state index contributed by atoms with van der Waals surface area (Å²) in [5.74, 6) is 0.165. The Hall–Kier alpha value is -2.42. The highest BCUT2D eigenvalue weighted by Crippen LogP contribution is 2.31. The average molecular weight is 484 g/mol. The van der Waals surface area contributed by atoms with Gasteiger partial charge in [-0.05, 0) is 54.2 Å². The second-order valence-electron chi connectivity index (χ2n) is 9.17. The molecule has 1 aromatic heterocycles. The van der Waals surface area contributed by atoms with Crippen molar-refractivity contribution in [3.63, 3.8) is 0 Å². The van der Waals surface area contributed by atoms with Gasteiger partial charge in [0.15, 0.2) is 4.34 Å². The second-order valence-corrected chi connectivity index (χ2v) is 11.4. The first-order valence-electron chi connectivity index (χ1n) is 11.1. The minimum absolute atomic E-state index is 0.0137. The first-order chi connectivity index (χ1) is 15.8. The molecule has 6 nitrogen and oxygen atoms in total. The first kappa shape index (κ1) is 23.7. The molecule has 2 aromatic carbocycles. The van der Waals surface area contributed by atoms with E-state index in [1.165, 1.54) is 28.7 Å². The Morgan fingerprint density at radius 3 is 2.67 bits per heavy atom. The molecule has 0 saturated carbocycles. The van der Waals surface area contributed by atoms with Crippen LogP contribution < -0.4 is 10.6 Å². The Morgan fingerprint density at radius 1 is 1.18 bits per heavy atom. The van der Waals surface area contributed by atoms with Gasteiger partial charge in [0.25, 0.3) is 5.91 Å². The van der Waals surface area contributed by atoms with Crippen LogP contribution in [0.2, 0.25) is 0 Å². The predicted molar refractivity (Wildman–Crippen MR) is 135 cm³/mol. The number of aromatic nitrogens is 1. The molecule has 0 radical (unpaired) electrons. The molecule has 2 N–H and O–H groups in total. The number of hydrogen-bond acceptors (Lipinski definition) is 6. The number of anilines is 1. The number of nitrogens with one attached hydrogen (secondary N) is 2. The van der Waals surface area contributed by atoms with Crippen LogP contribution in [-0.2, 0) is 14.9 Å². The summed E-state index contributed by atoms with van der Waals surface area (Å²) >= 11 is 2.94. The lowest BCUT2D eigenvalue weighted by molar-refractivity contribution is -0.119. The monoisotopic (exact) mass is 483 g/mol. The summed E-state index contributed by atoms with van der Waals surface area (Å²) in [6, 6.07) is 13.4. The number of carbonyl (C=O) groups excluding carboxylic acids is 2. The molecular formula is C25H29N3O3S2. The molecule has 1 atom stereocenters. The van der Waals surface area contributed by atoms with Crippen LogP contribution in [0.25, 0.3) is 10.2 Å². The van der Waals surface area contributed by atoms with Crippen molar-refractivity contribution < 1.29 is 14.3 Å². The van der Waals surface area contributed by atoms with Gasteiger partial charge in [-0.2, -0.15) is 0 Å². The zero-order chi connectivity index (χ0) is 23.4. The quantitative estimate of drug-likeness (QED) is 0.450. The van der Waals surface area contributed by atoms with Crippen molar-refractivity contribution in [1.29, 1.82) is 0 Å². The van der Waals surface area contributed by atoms with Crippen molar-refractivity contribution in [2.45, 2.75) is 49.5 Å². The standard InChI is InChI=1S/C25H29N3O3S2/c1-25(2,3)17-8-6-16(7-9-17)23(30)27-18-10-11-20-21(13-18)33-24(28-20)32-15-22(29)26-14-19-5-4-12-31-19/h6-11,13,19H,4-5,12,14-15H2,1-3H3,(H,26,29)(H,27,30). The molecule has 0 aliphatic carbocycles. The van der Waals surface area contributed by atoms with E-state index in [2.05, 4.69) is 36.4 Å². The Balaban J connectivity index is 1.33. The minimum Gasteiger partial charge on any atom is -0.376 e. The van der Waals surface area contributed by atoms with Gasteiger partial charge in [-0.3, -0.25) is 9.59 Å². The molecule has 8 heteroatoms. The van der Waals surface area contributed by atoms with Gasteiger partial charge in [-0.25, -0.2) is 4.98 Å². The molecule has 0 spiro atoms. The van der Waals surface area contributed by atoms with E-state index in [1.54, 1.807) is 0 Å². The van der Waals surface area contributed by atoms with E-state index in [1.807, 2.05) is 42.5 Å². The van der Waals surface area contributed by atoms with Gasteiger partial charge < -0.3 is 15.4 Å². The van der Waals surface area contributed by atoms with Crippen molar-refractivity contribution in [1.82, 2.24) is 10.3 Å². The Kier molecular flexibility index (Phi) is 7.36. The van der Waals surface area contributed by atoms with Crippen LogP contribution in [0.15, 0.2) is 46.8 Å². The van der Waals surface area contributed by atoms with E-state index in [4.69, 9.17) is 4.74 Å². The van der Waals surface area contributed by atoms with E-state index in [0.717, 1.165) is 39.7 Å². The van der Waals surface area contributed by atoms with Crippen molar-refractivity contribution >= 4 is 50.8 Å². The largest absolute Gasteiger partial charge is 0.376 e. The molecule has 1 aliphatic heterocycles. The third-order valence-electron chi connectivity index (χ3n) is 5.52. The number of nitrogens with zero attached hydrogens (tertiary/aromatic N) is 1. The number of benzene rings is 2. The third-order valence-corrected chi connectivity index (χ3v) is 7.68. The van der Waals surface area contributed by atoms with Crippen molar-refractivity contribution in [2.75, 3.05) is 24.2 Å².